The molecule has 0 aromatic carbocycles. The molecule has 8 heteroatoms. The van der Waals surface area contributed by atoms with Gasteiger partial charge in [-0.15, -0.1) is 0 Å². The minimum Gasteiger partial charge on any atom is -0.475 e. The maximum Gasteiger partial charge on any atom is 0.412 e. The molecule has 1 amide bonds. The number of carbonyl (C=O) groups is 1. The first-order chi connectivity index (χ1) is 13.2. The van der Waals surface area contributed by atoms with Crippen molar-refractivity contribution >= 4 is 11.9 Å². The lowest BCUT2D eigenvalue weighted by Gasteiger charge is -2.28. The summed E-state index contributed by atoms with van der Waals surface area (Å²) in [5.74, 6) is 1.40. The Morgan fingerprint density at radius 3 is 2.68 bits per heavy atom. The molecule has 1 unspecified atom stereocenters. The van der Waals surface area contributed by atoms with Gasteiger partial charge in [0.05, 0.1) is 25.9 Å². The minimum absolute atomic E-state index is 0.233. The van der Waals surface area contributed by atoms with Crippen LogP contribution in [-0.2, 0) is 4.74 Å². The fourth-order valence-corrected chi connectivity index (χ4v) is 2.80. The first-order valence-electron chi connectivity index (χ1n) is 9.83. The molecule has 1 aliphatic heterocycles. The number of pyridine rings is 1. The van der Waals surface area contributed by atoms with Crippen LogP contribution >= 0.6 is 0 Å². The normalized spacial score (nSPS) is 15.9. The van der Waals surface area contributed by atoms with Gasteiger partial charge >= 0.3 is 6.09 Å². The van der Waals surface area contributed by atoms with E-state index in [2.05, 4.69) is 15.2 Å². The van der Waals surface area contributed by atoms with Crippen LogP contribution in [0, 0.1) is 12.3 Å². The van der Waals surface area contributed by atoms with E-state index < -0.39 is 12.2 Å². The van der Waals surface area contributed by atoms with Crippen molar-refractivity contribution in [3.63, 3.8) is 0 Å². The van der Waals surface area contributed by atoms with Gasteiger partial charge in [0.2, 0.25) is 0 Å². The number of hydrogen-bond donors (Lipinski definition) is 2. The highest BCUT2D eigenvalue weighted by Crippen LogP contribution is 2.33. The van der Waals surface area contributed by atoms with E-state index in [0.29, 0.717) is 44.4 Å². The lowest BCUT2D eigenvalue weighted by Crippen LogP contribution is -2.37. The van der Waals surface area contributed by atoms with Crippen molar-refractivity contribution in [1.82, 2.24) is 10.3 Å². The molecule has 1 aromatic heterocycles. The molecular formula is C20H33N3O5. The summed E-state index contributed by atoms with van der Waals surface area (Å²) in [7, 11) is 0. The summed E-state index contributed by atoms with van der Waals surface area (Å²) in [6, 6.07) is 1.89. The van der Waals surface area contributed by atoms with Crippen LogP contribution in [0.1, 0.15) is 39.7 Å². The topological polar surface area (TPSA) is 93.2 Å². The van der Waals surface area contributed by atoms with Gasteiger partial charge in [0, 0.05) is 25.2 Å². The number of carbonyl (C=O) groups excluding carboxylic acids is 1. The van der Waals surface area contributed by atoms with Crippen LogP contribution in [0.15, 0.2) is 6.07 Å². The maximum absolute atomic E-state index is 12.2. The van der Waals surface area contributed by atoms with E-state index in [-0.39, 0.29) is 5.41 Å². The molecule has 1 fully saturated rings. The third-order valence-corrected chi connectivity index (χ3v) is 4.61. The lowest BCUT2D eigenvalue weighted by molar-refractivity contribution is 0.0560. The van der Waals surface area contributed by atoms with Crippen LogP contribution in [0.5, 0.6) is 11.6 Å². The predicted octanol–water partition coefficient (Wildman–Crippen LogP) is 2.51. The van der Waals surface area contributed by atoms with E-state index in [0.717, 1.165) is 24.5 Å². The Bertz CT molecular complexity index is 654. The number of rotatable bonds is 7. The molecule has 0 radical (unpaired) electrons. The Kier molecular flexibility index (Phi) is 7.88. The van der Waals surface area contributed by atoms with Gasteiger partial charge in [-0.25, -0.2) is 4.79 Å². The quantitative estimate of drug-likeness (QED) is 0.733. The van der Waals surface area contributed by atoms with E-state index in [1.807, 2.05) is 40.7 Å². The summed E-state index contributed by atoms with van der Waals surface area (Å²) < 4.78 is 16.5. The predicted molar refractivity (Wildman–Crippen MR) is 107 cm³/mol. The van der Waals surface area contributed by atoms with Crippen molar-refractivity contribution in [2.45, 2.75) is 47.1 Å². The highest BCUT2D eigenvalue weighted by molar-refractivity contribution is 5.72. The smallest absolute Gasteiger partial charge is 0.412 e. The third kappa shape index (κ3) is 6.24. The first-order valence-corrected chi connectivity index (χ1v) is 9.83. The molecule has 8 nitrogen and oxygen atoms in total. The van der Waals surface area contributed by atoms with Crippen molar-refractivity contribution < 1.29 is 24.1 Å². The van der Waals surface area contributed by atoms with Crippen LogP contribution in [0.2, 0.25) is 0 Å². The van der Waals surface area contributed by atoms with Gasteiger partial charge in [0.1, 0.15) is 5.82 Å². The average molecular weight is 396 g/mol. The molecule has 2 heterocycles. The Morgan fingerprint density at radius 2 is 2.07 bits per heavy atom. The summed E-state index contributed by atoms with van der Waals surface area (Å²) >= 11 is 0. The van der Waals surface area contributed by atoms with E-state index in [1.54, 1.807) is 0 Å². The van der Waals surface area contributed by atoms with Crippen LogP contribution in [-0.4, -0.2) is 61.7 Å². The van der Waals surface area contributed by atoms with E-state index >= 15 is 0 Å². The number of morpholine rings is 1. The third-order valence-electron chi connectivity index (χ3n) is 4.61. The molecule has 1 aliphatic rings. The van der Waals surface area contributed by atoms with Crippen molar-refractivity contribution in [3.8, 4) is 11.6 Å². The van der Waals surface area contributed by atoms with Gasteiger partial charge in [0.15, 0.2) is 5.75 Å². The van der Waals surface area contributed by atoms with Crippen molar-refractivity contribution in [1.29, 1.82) is 0 Å². The SMILES string of the molecule is CCOc1nc(N2CCOCC2)cc(C)c1OC(=O)NCCC(O)C(C)(C)C. The van der Waals surface area contributed by atoms with Gasteiger partial charge in [0.25, 0.3) is 5.88 Å². The second kappa shape index (κ2) is 9.93. The zero-order chi connectivity index (χ0) is 20.7. The highest BCUT2D eigenvalue weighted by Gasteiger charge is 2.23. The second-order valence-corrected chi connectivity index (χ2v) is 7.95. The number of hydrogen-bond acceptors (Lipinski definition) is 7. The number of amides is 1. The van der Waals surface area contributed by atoms with Gasteiger partial charge in [-0.3, -0.25) is 0 Å². The monoisotopic (exact) mass is 395 g/mol. The van der Waals surface area contributed by atoms with Gasteiger partial charge in [-0.05, 0) is 31.7 Å². The Morgan fingerprint density at radius 1 is 1.39 bits per heavy atom. The summed E-state index contributed by atoms with van der Waals surface area (Å²) in [5.41, 5.74) is 0.536. The summed E-state index contributed by atoms with van der Waals surface area (Å²) in [4.78, 5) is 18.9. The Hall–Kier alpha value is -2.06. The molecular weight excluding hydrogens is 362 g/mol. The summed E-state index contributed by atoms with van der Waals surface area (Å²) in [6.45, 7) is 13.1. The molecule has 0 aliphatic carbocycles. The number of aliphatic hydroxyl groups excluding tert-OH is 1. The number of aromatic nitrogens is 1. The van der Waals surface area contributed by atoms with Crippen molar-refractivity contribution in [2.24, 2.45) is 5.41 Å². The van der Waals surface area contributed by atoms with Gasteiger partial charge in [-0.2, -0.15) is 4.98 Å². The van der Waals surface area contributed by atoms with Crippen LogP contribution < -0.4 is 19.7 Å². The van der Waals surface area contributed by atoms with Crippen molar-refractivity contribution in [2.75, 3.05) is 44.4 Å². The highest BCUT2D eigenvalue weighted by atomic mass is 16.6. The minimum atomic E-state index is -0.592. The number of anilines is 1. The fraction of sp³-hybridized carbons (Fsp3) is 0.700. The maximum atomic E-state index is 12.2. The largest absolute Gasteiger partial charge is 0.475 e. The second-order valence-electron chi connectivity index (χ2n) is 7.95. The standard InChI is InChI=1S/C20H33N3O5/c1-6-27-18-17(28-19(25)21-8-7-15(24)20(3,4)5)14(2)13-16(22-18)23-9-11-26-12-10-23/h13,15,24H,6-12H2,1-5H3,(H,21,25). The zero-order valence-electron chi connectivity index (χ0n) is 17.6. The average Bonchev–Trinajstić information content (AvgIpc) is 2.64. The number of aliphatic hydroxyl groups is 1. The lowest BCUT2D eigenvalue weighted by atomic mass is 9.87. The fourth-order valence-electron chi connectivity index (χ4n) is 2.80. The molecule has 0 saturated carbocycles. The molecule has 2 rings (SSSR count). The van der Waals surface area contributed by atoms with Crippen LogP contribution in [0.25, 0.3) is 0 Å². The molecule has 28 heavy (non-hydrogen) atoms. The van der Waals surface area contributed by atoms with E-state index in [9.17, 15) is 9.90 Å². The van der Waals surface area contributed by atoms with E-state index in [1.165, 1.54) is 0 Å². The summed E-state index contributed by atoms with van der Waals surface area (Å²) in [5, 5.41) is 12.7. The van der Waals surface area contributed by atoms with Gasteiger partial charge < -0.3 is 29.5 Å². The number of ether oxygens (including phenoxy) is 3. The number of aryl methyl sites for hydroxylation is 1. The molecule has 1 atom stereocenters. The van der Waals surface area contributed by atoms with Crippen molar-refractivity contribution in [3.05, 3.63) is 11.6 Å². The number of nitrogens with zero attached hydrogens (tertiary/aromatic N) is 2. The Labute approximate surface area is 167 Å². The Balaban J connectivity index is 2.03. The molecule has 1 aromatic rings. The molecule has 2 N–H and O–H groups in total. The molecule has 1 saturated heterocycles. The van der Waals surface area contributed by atoms with E-state index in [4.69, 9.17) is 14.2 Å². The first kappa shape index (κ1) is 22.2. The van der Waals surface area contributed by atoms with Gasteiger partial charge in [-0.1, -0.05) is 20.8 Å². The number of nitrogens with one attached hydrogen (secondary N) is 1. The molecule has 0 bridgehead atoms. The van der Waals surface area contributed by atoms with Crippen LogP contribution in [0.4, 0.5) is 10.6 Å². The molecule has 0 spiro atoms. The summed E-state index contributed by atoms with van der Waals surface area (Å²) in [6.07, 6.45) is -0.654. The van der Waals surface area contributed by atoms with Crippen LogP contribution in [0.3, 0.4) is 0 Å². The zero-order valence-corrected chi connectivity index (χ0v) is 17.6. The molecule has 158 valence electrons.